The molecule has 2 aliphatic heterocycles. The van der Waals surface area contributed by atoms with Crippen molar-refractivity contribution in [3.05, 3.63) is 64.7 Å². The zero-order valence-corrected chi connectivity index (χ0v) is 20.2. The van der Waals surface area contributed by atoms with Gasteiger partial charge in [-0.3, -0.25) is 14.5 Å². The van der Waals surface area contributed by atoms with Crippen LogP contribution in [0.2, 0.25) is 0 Å². The molecule has 0 radical (unpaired) electrons. The first-order chi connectivity index (χ1) is 16.9. The Labute approximate surface area is 205 Å². The van der Waals surface area contributed by atoms with E-state index in [-0.39, 0.29) is 22.6 Å². The molecule has 2 aliphatic rings. The lowest BCUT2D eigenvalue weighted by Gasteiger charge is -2.31. The number of nitrogens with zero attached hydrogens (tertiary/aromatic N) is 2. The Hall–Kier alpha value is -3.36. The Morgan fingerprint density at radius 1 is 1.09 bits per heavy atom. The zero-order valence-electron chi connectivity index (χ0n) is 20.2. The molecule has 2 N–H and O–H groups in total. The molecule has 0 unspecified atom stereocenters. The molecule has 2 aromatic rings. The number of ether oxygens (including phenoxy) is 2. The first-order valence-corrected chi connectivity index (χ1v) is 12.0. The first-order valence-electron chi connectivity index (χ1n) is 12.0. The third-order valence-electron chi connectivity index (χ3n) is 6.38. The van der Waals surface area contributed by atoms with Crippen LogP contribution in [0.1, 0.15) is 36.1 Å². The Bertz CT molecular complexity index is 1110. The molecular formula is C27H32N2O6. The van der Waals surface area contributed by atoms with Crippen molar-refractivity contribution in [1.82, 2.24) is 9.80 Å². The van der Waals surface area contributed by atoms with Crippen molar-refractivity contribution in [3.63, 3.8) is 0 Å². The number of phenols is 1. The molecule has 2 aromatic carbocycles. The van der Waals surface area contributed by atoms with E-state index in [4.69, 9.17) is 9.47 Å². The fourth-order valence-corrected chi connectivity index (χ4v) is 4.48. The number of morpholine rings is 1. The molecule has 4 rings (SSSR count). The van der Waals surface area contributed by atoms with Crippen molar-refractivity contribution in [2.24, 2.45) is 0 Å². The van der Waals surface area contributed by atoms with Gasteiger partial charge >= 0.3 is 0 Å². The molecule has 8 heteroatoms. The number of aromatic hydroxyl groups is 1. The minimum Gasteiger partial charge on any atom is -0.507 e. The van der Waals surface area contributed by atoms with Crippen LogP contribution in [-0.2, 0) is 14.3 Å². The van der Waals surface area contributed by atoms with Crippen LogP contribution in [0.15, 0.2) is 48.0 Å². The average molecular weight is 481 g/mol. The lowest BCUT2D eigenvalue weighted by atomic mass is 9.94. The average Bonchev–Trinajstić information content (AvgIpc) is 3.13. The normalized spacial score (nSPS) is 20.4. The number of hydrogen-bond acceptors (Lipinski definition) is 7. The van der Waals surface area contributed by atoms with E-state index in [1.54, 1.807) is 24.3 Å². The van der Waals surface area contributed by atoms with Gasteiger partial charge in [-0.25, -0.2) is 0 Å². The fourth-order valence-electron chi connectivity index (χ4n) is 4.48. The number of phenolic OH excluding ortho intramolecular Hbond substituents is 1. The Balaban J connectivity index is 1.73. The van der Waals surface area contributed by atoms with Crippen molar-refractivity contribution in [2.45, 2.75) is 26.3 Å². The number of Topliss-reactive ketones (excluding diaryl/α,β-unsaturated/α-hetero) is 1. The molecule has 0 bridgehead atoms. The van der Waals surface area contributed by atoms with Crippen molar-refractivity contribution in [1.29, 1.82) is 0 Å². The second-order valence-electron chi connectivity index (χ2n) is 8.88. The number of benzene rings is 2. The number of ketones is 1. The van der Waals surface area contributed by atoms with Crippen molar-refractivity contribution < 1.29 is 29.3 Å². The minimum absolute atomic E-state index is 0.0277. The van der Waals surface area contributed by atoms with Crippen molar-refractivity contribution in [2.75, 3.05) is 46.0 Å². The van der Waals surface area contributed by atoms with E-state index in [1.807, 2.05) is 26.0 Å². The molecule has 0 aliphatic carbocycles. The summed E-state index contributed by atoms with van der Waals surface area (Å²) in [5.74, 6) is -1.27. The third kappa shape index (κ3) is 5.33. The van der Waals surface area contributed by atoms with Crippen LogP contribution in [0.25, 0.3) is 5.76 Å². The van der Waals surface area contributed by atoms with E-state index >= 15 is 0 Å². The molecule has 0 saturated carbocycles. The van der Waals surface area contributed by atoms with Gasteiger partial charge in [0.05, 0.1) is 37.0 Å². The largest absolute Gasteiger partial charge is 0.507 e. The molecule has 0 aromatic heterocycles. The summed E-state index contributed by atoms with van der Waals surface area (Å²) in [4.78, 5) is 30.1. The number of aliphatic hydroxyl groups is 1. The maximum atomic E-state index is 13.2. The lowest BCUT2D eigenvalue weighted by molar-refractivity contribution is -0.140. The number of amides is 1. The smallest absolute Gasteiger partial charge is 0.295 e. The Morgan fingerprint density at radius 2 is 1.80 bits per heavy atom. The fraction of sp³-hybridized carbons (Fsp3) is 0.407. The molecule has 2 heterocycles. The van der Waals surface area contributed by atoms with E-state index in [2.05, 4.69) is 4.90 Å². The maximum Gasteiger partial charge on any atom is 0.295 e. The van der Waals surface area contributed by atoms with Gasteiger partial charge in [-0.1, -0.05) is 30.7 Å². The van der Waals surface area contributed by atoms with E-state index in [0.717, 1.165) is 25.1 Å². The monoisotopic (exact) mass is 480 g/mol. The van der Waals surface area contributed by atoms with E-state index < -0.39 is 17.7 Å². The molecule has 8 nitrogen and oxygen atoms in total. The summed E-state index contributed by atoms with van der Waals surface area (Å²) in [7, 11) is 0. The lowest BCUT2D eigenvalue weighted by Crippen LogP contribution is -2.42. The van der Waals surface area contributed by atoms with Crippen LogP contribution in [0.4, 0.5) is 0 Å². The molecule has 2 fully saturated rings. The van der Waals surface area contributed by atoms with E-state index in [1.165, 1.54) is 11.0 Å². The predicted molar refractivity (Wildman–Crippen MR) is 131 cm³/mol. The molecule has 0 spiro atoms. The summed E-state index contributed by atoms with van der Waals surface area (Å²) in [6.07, 6.45) is 0.878. The van der Waals surface area contributed by atoms with Crippen LogP contribution in [0, 0.1) is 6.92 Å². The predicted octanol–water partition coefficient (Wildman–Crippen LogP) is 3.24. The topological polar surface area (TPSA) is 99.5 Å². The third-order valence-corrected chi connectivity index (χ3v) is 6.38. The van der Waals surface area contributed by atoms with E-state index in [0.29, 0.717) is 44.2 Å². The molecule has 1 amide bonds. The van der Waals surface area contributed by atoms with Crippen LogP contribution in [0.3, 0.4) is 0 Å². The number of carbonyl (C=O) groups excluding carboxylic acids is 2. The van der Waals surface area contributed by atoms with Gasteiger partial charge in [-0.15, -0.1) is 0 Å². The summed E-state index contributed by atoms with van der Waals surface area (Å²) in [6, 6.07) is 11.2. The van der Waals surface area contributed by atoms with Gasteiger partial charge in [-0.05, 0) is 43.2 Å². The van der Waals surface area contributed by atoms with Crippen molar-refractivity contribution >= 4 is 17.4 Å². The summed E-state index contributed by atoms with van der Waals surface area (Å²) in [5.41, 5.74) is 1.59. The van der Waals surface area contributed by atoms with E-state index in [9.17, 15) is 19.8 Å². The molecule has 2 saturated heterocycles. The molecule has 35 heavy (non-hydrogen) atoms. The highest BCUT2D eigenvalue weighted by atomic mass is 16.5. The molecule has 1 atom stereocenters. The second-order valence-corrected chi connectivity index (χ2v) is 8.88. The summed E-state index contributed by atoms with van der Waals surface area (Å²) in [5, 5.41) is 21.6. The van der Waals surface area contributed by atoms with Gasteiger partial charge in [-0.2, -0.15) is 0 Å². The van der Waals surface area contributed by atoms with Crippen LogP contribution >= 0.6 is 0 Å². The van der Waals surface area contributed by atoms with Crippen LogP contribution < -0.4 is 4.74 Å². The zero-order chi connectivity index (χ0) is 24.9. The van der Waals surface area contributed by atoms with Gasteiger partial charge in [0.2, 0.25) is 0 Å². The van der Waals surface area contributed by atoms with Gasteiger partial charge in [0.15, 0.2) is 0 Å². The van der Waals surface area contributed by atoms with Crippen LogP contribution in [0.5, 0.6) is 11.5 Å². The SMILES string of the molecule is CCCOc1ccc([C@H]2C(=C(O)c3cc(C)ccc3O)C(=O)C(=O)N2CCN2CCOCC2)cc1. The van der Waals surface area contributed by atoms with Crippen molar-refractivity contribution in [3.8, 4) is 11.5 Å². The number of aliphatic hydroxyl groups excluding tert-OH is 1. The van der Waals surface area contributed by atoms with Gasteiger partial charge < -0.3 is 24.6 Å². The number of carbonyl (C=O) groups is 2. The van der Waals surface area contributed by atoms with Crippen LogP contribution in [-0.4, -0.2) is 77.7 Å². The Morgan fingerprint density at radius 3 is 2.49 bits per heavy atom. The standard InChI is InChI=1S/C27H32N2O6/c1-3-14-35-20-7-5-19(6-8-20)24-23(25(31)21-17-18(2)4-9-22(21)30)26(32)27(33)29(24)11-10-28-12-15-34-16-13-28/h4-9,17,24,30-31H,3,10-16H2,1-2H3/t24-/m0/s1. The number of rotatable bonds is 8. The van der Waals surface area contributed by atoms with Gasteiger partial charge in [0.1, 0.15) is 17.3 Å². The quantitative estimate of drug-likeness (QED) is 0.340. The Kier molecular flexibility index (Phi) is 7.73. The highest BCUT2D eigenvalue weighted by Gasteiger charge is 2.46. The molecular weight excluding hydrogens is 448 g/mol. The highest BCUT2D eigenvalue weighted by Crippen LogP contribution is 2.41. The summed E-state index contributed by atoms with van der Waals surface area (Å²) < 4.78 is 11.1. The van der Waals surface area contributed by atoms with Gasteiger partial charge in [0, 0.05) is 26.2 Å². The first kappa shape index (κ1) is 24.8. The number of hydrogen-bond donors (Lipinski definition) is 2. The highest BCUT2D eigenvalue weighted by molar-refractivity contribution is 6.46. The van der Waals surface area contributed by atoms with Gasteiger partial charge in [0.25, 0.3) is 11.7 Å². The summed E-state index contributed by atoms with van der Waals surface area (Å²) in [6.45, 7) is 8.12. The minimum atomic E-state index is -0.781. The molecule has 186 valence electrons. The number of aryl methyl sites for hydroxylation is 1. The maximum absolute atomic E-state index is 13.2. The summed E-state index contributed by atoms with van der Waals surface area (Å²) >= 11 is 0. The number of likely N-dealkylation sites (tertiary alicyclic amines) is 1. The second kappa shape index (κ2) is 10.9.